The molecule has 0 bridgehead atoms. The van der Waals surface area contributed by atoms with Crippen molar-refractivity contribution in [1.82, 2.24) is 0 Å². The summed E-state index contributed by atoms with van der Waals surface area (Å²) in [5.41, 5.74) is 4.27. The normalized spacial score (nSPS) is 11.8. The second kappa shape index (κ2) is 6.35. The number of nitrogen functional groups attached to an aromatic ring is 1. The summed E-state index contributed by atoms with van der Waals surface area (Å²) >= 11 is 18.5. The number of hydrogen-bond donors (Lipinski definition) is 1. The first-order valence-electron chi connectivity index (χ1n) is 5.59. The number of anilines is 1. The molecule has 0 atom stereocenters. The first-order valence-corrected chi connectivity index (χ1v) is 7.54. The van der Waals surface area contributed by atoms with Crippen molar-refractivity contribution < 1.29 is 17.6 Å². The Balaban J connectivity index is 2.43. The average molecular weight is 391 g/mol. The second-order valence-corrected chi connectivity index (χ2v) is 6.39. The smallest absolute Gasteiger partial charge is 0.396 e. The second-order valence-electron chi connectivity index (χ2n) is 4.15. The van der Waals surface area contributed by atoms with E-state index in [-0.39, 0.29) is 30.5 Å². The van der Waals surface area contributed by atoms with Gasteiger partial charge in [-0.05, 0) is 24.3 Å². The molecular weight excluding hydrogens is 385 g/mol. The van der Waals surface area contributed by atoms with Crippen LogP contribution < -0.4 is 5.73 Å². The van der Waals surface area contributed by atoms with E-state index in [2.05, 4.69) is 0 Å². The van der Waals surface area contributed by atoms with Crippen LogP contribution >= 0.6 is 46.6 Å². The van der Waals surface area contributed by atoms with Crippen molar-refractivity contribution in [1.29, 1.82) is 0 Å². The van der Waals surface area contributed by atoms with Gasteiger partial charge in [-0.1, -0.05) is 46.6 Å². The third kappa shape index (κ3) is 3.56. The summed E-state index contributed by atoms with van der Waals surface area (Å²) in [6.45, 7) is 0. The molecule has 22 heavy (non-hydrogen) atoms. The van der Waals surface area contributed by atoms with E-state index < -0.39 is 17.6 Å². The van der Waals surface area contributed by atoms with Crippen LogP contribution in [-0.2, 0) is 6.18 Å². The van der Waals surface area contributed by atoms with E-state index in [9.17, 15) is 17.6 Å². The SMILES string of the molecule is Nc1cc(Cl)c(Sc2ccc(C(F)(F)F)cc2Cl)c(Cl)c1F. The molecule has 0 unspecified atom stereocenters. The number of benzene rings is 2. The molecule has 0 saturated heterocycles. The van der Waals surface area contributed by atoms with Crippen LogP contribution in [0.4, 0.5) is 23.2 Å². The van der Waals surface area contributed by atoms with E-state index in [0.717, 1.165) is 30.0 Å². The highest BCUT2D eigenvalue weighted by atomic mass is 35.5. The minimum absolute atomic E-state index is 0.0739. The fourth-order valence-electron chi connectivity index (χ4n) is 1.56. The lowest BCUT2D eigenvalue weighted by atomic mass is 10.2. The zero-order chi connectivity index (χ0) is 16.7. The molecule has 118 valence electrons. The van der Waals surface area contributed by atoms with Gasteiger partial charge in [-0.15, -0.1) is 0 Å². The summed E-state index contributed by atoms with van der Waals surface area (Å²) in [7, 11) is 0. The number of hydrogen-bond acceptors (Lipinski definition) is 2. The molecule has 2 rings (SSSR count). The van der Waals surface area contributed by atoms with Gasteiger partial charge in [-0.25, -0.2) is 4.39 Å². The number of halogens is 7. The lowest BCUT2D eigenvalue weighted by molar-refractivity contribution is -0.137. The van der Waals surface area contributed by atoms with E-state index in [0.29, 0.717) is 0 Å². The fourth-order valence-corrected chi connectivity index (χ4v) is 3.41. The average Bonchev–Trinajstić information content (AvgIpc) is 2.41. The molecule has 2 aromatic rings. The number of alkyl halides is 3. The van der Waals surface area contributed by atoms with E-state index in [1.165, 1.54) is 6.07 Å². The summed E-state index contributed by atoms with van der Waals surface area (Å²) in [5.74, 6) is -0.850. The Morgan fingerprint density at radius 3 is 2.18 bits per heavy atom. The van der Waals surface area contributed by atoms with Crippen LogP contribution in [-0.4, -0.2) is 0 Å². The highest BCUT2D eigenvalue weighted by Crippen LogP contribution is 2.44. The Hall–Kier alpha value is -0.820. The topological polar surface area (TPSA) is 26.0 Å². The molecule has 0 fully saturated rings. The Bertz CT molecular complexity index is 734. The highest BCUT2D eigenvalue weighted by Gasteiger charge is 2.31. The molecule has 0 aliphatic carbocycles. The summed E-state index contributed by atoms with van der Waals surface area (Å²) in [4.78, 5) is 0.374. The van der Waals surface area contributed by atoms with Crippen LogP contribution in [0, 0.1) is 5.82 Å². The molecule has 0 saturated carbocycles. The van der Waals surface area contributed by atoms with Gasteiger partial charge in [-0.2, -0.15) is 13.2 Å². The molecule has 0 amide bonds. The fraction of sp³-hybridized carbons (Fsp3) is 0.0769. The van der Waals surface area contributed by atoms with Crippen molar-refractivity contribution in [2.24, 2.45) is 0 Å². The van der Waals surface area contributed by atoms with Gasteiger partial charge in [-0.3, -0.25) is 0 Å². The zero-order valence-corrected chi connectivity index (χ0v) is 13.5. The highest BCUT2D eigenvalue weighted by molar-refractivity contribution is 7.99. The van der Waals surface area contributed by atoms with Crippen LogP contribution in [0.25, 0.3) is 0 Å². The van der Waals surface area contributed by atoms with Gasteiger partial charge in [0.05, 0.1) is 31.2 Å². The quantitative estimate of drug-likeness (QED) is 0.358. The van der Waals surface area contributed by atoms with E-state index in [4.69, 9.17) is 40.5 Å². The first kappa shape index (κ1) is 17.5. The van der Waals surface area contributed by atoms with Crippen LogP contribution in [0.15, 0.2) is 34.1 Å². The van der Waals surface area contributed by atoms with Crippen molar-refractivity contribution >= 4 is 52.3 Å². The van der Waals surface area contributed by atoms with Crippen molar-refractivity contribution in [3.8, 4) is 0 Å². The van der Waals surface area contributed by atoms with Crippen molar-refractivity contribution in [2.75, 3.05) is 5.73 Å². The predicted molar refractivity (Wildman–Crippen MR) is 81.4 cm³/mol. The Morgan fingerprint density at radius 1 is 1.00 bits per heavy atom. The summed E-state index contributed by atoms with van der Waals surface area (Å²) in [5, 5.41) is -0.389. The van der Waals surface area contributed by atoms with Crippen molar-refractivity contribution in [3.05, 3.63) is 50.7 Å². The lowest BCUT2D eigenvalue weighted by Crippen LogP contribution is -2.04. The maximum absolute atomic E-state index is 13.7. The third-order valence-electron chi connectivity index (χ3n) is 2.62. The monoisotopic (exact) mass is 389 g/mol. The Labute approximate surface area is 142 Å². The summed E-state index contributed by atoms with van der Waals surface area (Å²) in [6, 6.07) is 3.98. The molecule has 0 spiro atoms. The maximum Gasteiger partial charge on any atom is 0.416 e. The molecular formula is C13H6Cl3F4NS. The molecule has 2 N–H and O–H groups in total. The molecule has 9 heteroatoms. The Morgan fingerprint density at radius 2 is 1.64 bits per heavy atom. The van der Waals surface area contributed by atoms with Gasteiger partial charge in [0.25, 0.3) is 0 Å². The molecule has 0 aliphatic rings. The molecule has 0 aliphatic heterocycles. The van der Waals surface area contributed by atoms with Gasteiger partial charge in [0.1, 0.15) is 0 Å². The molecule has 1 nitrogen and oxygen atoms in total. The molecule has 0 aromatic heterocycles. The minimum Gasteiger partial charge on any atom is -0.396 e. The van der Waals surface area contributed by atoms with Gasteiger partial charge in [0.2, 0.25) is 0 Å². The van der Waals surface area contributed by atoms with Crippen LogP contribution in [0.3, 0.4) is 0 Å². The zero-order valence-electron chi connectivity index (χ0n) is 10.4. The van der Waals surface area contributed by atoms with E-state index >= 15 is 0 Å². The van der Waals surface area contributed by atoms with Crippen LogP contribution in [0.5, 0.6) is 0 Å². The summed E-state index contributed by atoms with van der Waals surface area (Å²) < 4.78 is 51.4. The minimum atomic E-state index is -4.50. The van der Waals surface area contributed by atoms with E-state index in [1.807, 2.05) is 0 Å². The van der Waals surface area contributed by atoms with Crippen molar-refractivity contribution in [3.63, 3.8) is 0 Å². The Kier molecular flexibility index (Phi) is 5.06. The van der Waals surface area contributed by atoms with Crippen molar-refractivity contribution in [2.45, 2.75) is 16.0 Å². The first-order chi connectivity index (χ1) is 10.1. The third-order valence-corrected chi connectivity index (χ3v) is 5.12. The molecule has 0 heterocycles. The van der Waals surface area contributed by atoms with Gasteiger partial charge < -0.3 is 5.73 Å². The number of rotatable bonds is 2. The summed E-state index contributed by atoms with van der Waals surface area (Å²) in [6.07, 6.45) is -4.50. The van der Waals surface area contributed by atoms with E-state index in [1.54, 1.807) is 0 Å². The maximum atomic E-state index is 13.7. The standard InChI is InChI=1S/C13H6Cl3F4NS/c14-6-3-5(13(18,19)20)1-2-9(6)22-12-7(15)4-8(21)11(17)10(12)16/h1-4H,21H2. The predicted octanol–water partition coefficient (Wildman–Crippen LogP) is 6.54. The van der Waals surface area contributed by atoms with Gasteiger partial charge >= 0.3 is 6.18 Å². The van der Waals surface area contributed by atoms with Gasteiger partial charge in [0, 0.05) is 4.90 Å². The van der Waals surface area contributed by atoms with Crippen LogP contribution in [0.1, 0.15) is 5.56 Å². The lowest BCUT2D eigenvalue weighted by Gasteiger charge is -2.12. The number of nitrogens with two attached hydrogens (primary N) is 1. The molecule has 0 radical (unpaired) electrons. The largest absolute Gasteiger partial charge is 0.416 e. The van der Waals surface area contributed by atoms with Gasteiger partial charge in [0.15, 0.2) is 5.82 Å². The molecule has 2 aromatic carbocycles. The van der Waals surface area contributed by atoms with Crippen LogP contribution in [0.2, 0.25) is 15.1 Å².